The molecule has 12 heteroatoms. The number of aromatic nitrogens is 2. The molecule has 2 heterocycles. The van der Waals surface area contributed by atoms with Crippen molar-refractivity contribution < 1.29 is 14.0 Å². The maximum atomic E-state index is 13.5. The lowest BCUT2D eigenvalue weighted by Crippen LogP contribution is -2.45. The molecular weight excluding hydrogens is 549 g/mol. The third-order valence-corrected chi connectivity index (χ3v) is 6.68. The second kappa shape index (κ2) is 16.8. The van der Waals surface area contributed by atoms with Gasteiger partial charge < -0.3 is 31.1 Å². The van der Waals surface area contributed by atoms with Crippen molar-refractivity contribution in [3.05, 3.63) is 47.7 Å². The van der Waals surface area contributed by atoms with Crippen molar-refractivity contribution in [2.45, 2.75) is 45.1 Å². The van der Waals surface area contributed by atoms with Crippen LogP contribution in [-0.4, -0.2) is 90.9 Å². The van der Waals surface area contributed by atoms with E-state index in [9.17, 15) is 14.0 Å². The molecule has 5 N–H and O–H groups in total. The topological polar surface area (TPSA) is 138 Å². The molecule has 1 atom stereocenters. The van der Waals surface area contributed by atoms with Crippen molar-refractivity contribution in [3.63, 3.8) is 0 Å². The minimum Gasteiger partial charge on any atom is -0.387 e. The molecule has 1 aliphatic rings. The van der Waals surface area contributed by atoms with Gasteiger partial charge in [0.05, 0.1) is 17.3 Å². The molecule has 11 nitrogen and oxygen atoms in total. The summed E-state index contributed by atoms with van der Waals surface area (Å²) < 4.78 is 13.5. The summed E-state index contributed by atoms with van der Waals surface area (Å²) in [5.41, 5.74) is 1.94. The first-order valence-electron chi connectivity index (χ1n) is 14.6. The minimum atomic E-state index is -1.01. The third kappa shape index (κ3) is 10.1. The molecule has 3 rings (SSSR count). The highest BCUT2D eigenvalue weighted by atomic mass is 19.1. The van der Waals surface area contributed by atoms with Crippen LogP contribution >= 0.6 is 0 Å². The van der Waals surface area contributed by atoms with Crippen molar-refractivity contribution in [1.82, 2.24) is 25.1 Å². The molecule has 2 amide bonds. The number of hydrogen-bond donors (Lipinski definition) is 5. The molecule has 230 valence electrons. The fourth-order valence-corrected chi connectivity index (χ4v) is 4.49. The summed E-state index contributed by atoms with van der Waals surface area (Å²) in [5, 5.41) is 19.5. The second-order valence-electron chi connectivity index (χ2n) is 10.4. The Balaban J connectivity index is 1.55. The fraction of sp³-hybridized carbons (Fsp3) is 0.452. The highest BCUT2D eigenvalue weighted by molar-refractivity contribution is 5.97. The van der Waals surface area contributed by atoms with Crippen LogP contribution in [0.1, 0.15) is 50.2 Å². The predicted octanol–water partition coefficient (Wildman–Crippen LogP) is 3.74. The van der Waals surface area contributed by atoms with Gasteiger partial charge in [0.25, 0.3) is 0 Å². The Morgan fingerprint density at radius 1 is 1.28 bits per heavy atom. The zero-order valence-electron chi connectivity index (χ0n) is 25.4. The molecule has 0 aliphatic carbocycles. The van der Waals surface area contributed by atoms with Gasteiger partial charge >= 0.3 is 0 Å². The van der Waals surface area contributed by atoms with Gasteiger partial charge in [-0.25, -0.2) is 4.98 Å². The normalized spacial score (nSPS) is 14.4. The average molecular weight is 592 g/mol. The number of halogens is 1. The Labute approximate surface area is 253 Å². The summed E-state index contributed by atoms with van der Waals surface area (Å²) >= 11 is 0. The summed E-state index contributed by atoms with van der Waals surface area (Å²) in [6, 6.07) is 4.43. The maximum absolute atomic E-state index is 13.5. The van der Waals surface area contributed by atoms with Gasteiger partial charge in [0.15, 0.2) is 0 Å². The van der Waals surface area contributed by atoms with Crippen LogP contribution in [0, 0.1) is 17.3 Å². The number of carbonyl (C=O) groups excluding carboxylic acids is 2. The van der Waals surface area contributed by atoms with Crippen LogP contribution in [0.3, 0.4) is 0 Å². The van der Waals surface area contributed by atoms with Gasteiger partial charge in [0, 0.05) is 57.1 Å². The molecule has 0 spiro atoms. The smallest absolute Gasteiger partial charge is 0.246 e. The van der Waals surface area contributed by atoms with E-state index in [0.29, 0.717) is 74.1 Å². The lowest BCUT2D eigenvalue weighted by Gasteiger charge is -2.22. The highest BCUT2D eigenvalue weighted by Gasteiger charge is 2.32. The van der Waals surface area contributed by atoms with Crippen molar-refractivity contribution in [1.29, 1.82) is 5.41 Å². The van der Waals surface area contributed by atoms with Gasteiger partial charge in [-0.15, -0.1) is 0 Å². The number of unbranched alkanes of at least 4 members (excludes halogenated alkanes) is 1. The molecule has 1 aromatic heterocycles. The Kier molecular flexibility index (Phi) is 12.9. The Hall–Kier alpha value is -4.50. The lowest BCUT2D eigenvalue weighted by atomic mass is 10.1. The van der Waals surface area contributed by atoms with Crippen LogP contribution in [0.5, 0.6) is 0 Å². The minimum absolute atomic E-state index is 0.123. The van der Waals surface area contributed by atoms with Crippen molar-refractivity contribution in [3.8, 4) is 11.8 Å². The van der Waals surface area contributed by atoms with E-state index in [-0.39, 0.29) is 17.4 Å². The molecule has 43 heavy (non-hydrogen) atoms. The summed E-state index contributed by atoms with van der Waals surface area (Å²) in [6.07, 6.45) is 8.63. The zero-order valence-corrected chi connectivity index (χ0v) is 25.4. The number of anilines is 4. The molecule has 1 fully saturated rings. The van der Waals surface area contributed by atoms with E-state index in [1.54, 1.807) is 36.4 Å². The number of amides is 2. The first-order valence-corrected chi connectivity index (χ1v) is 14.6. The molecule has 0 saturated carbocycles. The van der Waals surface area contributed by atoms with Crippen molar-refractivity contribution in [2.24, 2.45) is 0 Å². The van der Waals surface area contributed by atoms with E-state index in [4.69, 9.17) is 5.41 Å². The van der Waals surface area contributed by atoms with E-state index in [0.717, 1.165) is 12.8 Å². The average Bonchev–Trinajstić information content (AvgIpc) is 3.48. The number of nitrogens with zero attached hydrogens (tertiary/aromatic N) is 4. The Morgan fingerprint density at radius 3 is 2.81 bits per heavy atom. The number of carbonyl (C=O) groups is 2. The summed E-state index contributed by atoms with van der Waals surface area (Å²) in [7, 11) is 5.53. The summed E-state index contributed by atoms with van der Waals surface area (Å²) in [5.74, 6) is 5.95. The van der Waals surface area contributed by atoms with E-state index in [2.05, 4.69) is 50.0 Å². The van der Waals surface area contributed by atoms with Gasteiger partial charge in [-0.1, -0.05) is 24.8 Å². The van der Waals surface area contributed by atoms with Crippen LogP contribution in [0.4, 0.5) is 27.5 Å². The molecule has 1 aliphatic heterocycles. The molecule has 1 saturated heterocycles. The number of likely N-dealkylation sites (N-methyl/N-ethyl adjacent to an activating group) is 1. The van der Waals surface area contributed by atoms with Crippen LogP contribution in [0.2, 0.25) is 0 Å². The van der Waals surface area contributed by atoms with Crippen molar-refractivity contribution >= 4 is 40.9 Å². The van der Waals surface area contributed by atoms with Gasteiger partial charge in [-0.05, 0) is 58.0 Å². The number of hydrogen-bond acceptors (Lipinski definition) is 9. The number of rotatable bonds is 14. The highest BCUT2D eigenvalue weighted by Crippen LogP contribution is 2.24. The lowest BCUT2D eigenvalue weighted by molar-refractivity contribution is -0.135. The Bertz CT molecular complexity index is 1370. The van der Waals surface area contributed by atoms with Crippen LogP contribution in [0.15, 0.2) is 36.5 Å². The number of likely N-dealkylation sites (tertiary alicyclic amines) is 1. The van der Waals surface area contributed by atoms with Crippen LogP contribution in [-0.2, 0) is 9.59 Å². The third-order valence-electron chi connectivity index (χ3n) is 6.68. The fourth-order valence-electron chi connectivity index (χ4n) is 4.49. The Morgan fingerprint density at radius 2 is 2.09 bits per heavy atom. The van der Waals surface area contributed by atoms with Crippen LogP contribution in [0.25, 0.3) is 0 Å². The van der Waals surface area contributed by atoms with Gasteiger partial charge in [-0.2, -0.15) is 9.37 Å². The monoisotopic (exact) mass is 591 g/mol. The molecule has 1 aromatic carbocycles. The van der Waals surface area contributed by atoms with Gasteiger partial charge in [-0.3, -0.25) is 15.0 Å². The molecule has 0 radical (unpaired) electrons. The molecule has 2 aromatic rings. The molecule has 0 bridgehead atoms. The molecule has 0 unspecified atom stereocenters. The predicted molar refractivity (Wildman–Crippen MR) is 170 cm³/mol. The van der Waals surface area contributed by atoms with E-state index in [1.165, 1.54) is 6.07 Å². The quantitative estimate of drug-likeness (QED) is 0.0970. The number of benzene rings is 1. The van der Waals surface area contributed by atoms with E-state index >= 15 is 0 Å². The summed E-state index contributed by atoms with van der Waals surface area (Å²) in [6.45, 7) is 4.49. The largest absolute Gasteiger partial charge is 0.387 e. The first-order chi connectivity index (χ1) is 20.7. The van der Waals surface area contributed by atoms with Gasteiger partial charge in [0.1, 0.15) is 11.9 Å². The standard InChI is InChI=1S/C31H42FN9O2/c1-5-16-35-29-22(21-37-31(39-29)38-23-14-15-24(28(32)33)25(20-23)34-2)11-7-6-8-17-36-30(43)26-12-9-19-41(26)27(42)13-10-18-40(3)4/h10,13-15,20-21,26,33-34H,5-6,8-9,12,16-19H2,1-4H3,(H,36,43)(H2,35,37,38,39)/b13-10+,33-28?/t26-/m0/s1. The van der Waals surface area contributed by atoms with Crippen molar-refractivity contribution in [2.75, 3.05) is 63.3 Å². The van der Waals surface area contributed by atoms with E-state index < -0.39 is 12.0 Å². The summed E-state index contributed by atoms with van der Waals surface area (Å²) in [4.78, 5) is 37.9. The van der Waals surface area contributed by atoms with Crippen LogP contribution < -0.4 is 21.3 Å². The maximum Gasteiger partial charge on any atom is 0.246 e. The van der Waals surface area contributed by atoms with Gasteiger partial charge in [0.2, 0.25) is 23.7 Å². The molecular formula is C31H42FN9O2. The number of nitrogens with one attached hydrogen (secondary N) is 5. The second-order valence-corrected chi connectivity index (χ2v) is 10.4. The first kappa shape index (κ1) is 33.0. The SMILES string of the molecule is CCCNc1nc(Nc2ccc(C(=N)F)c(NC)c2)ncc1C#CCCCNC(=O)[C@@H]1CCCN1C(=O)/C=C/CN(C)C. The van der Waals surface area contributed by atoms with E-state index in [1.807, 2.05) is 25.1 Å². The zero-order chi connectivity index (χ0) is 31.2.